The van der Waals surface area contributed by atoms with Crippen molar-refractivity contribution in [3.05, 3.63) is 48.1 Å². The number of halogens is 2. The van der Waals surface area contributed by atoms with Crippen LogP contribution in [0.1, 0.15) is 10.4 Å². The van der Waals surface area contributed by atoms with E-state index in [0.29, 0.717) is 0 Å². The van der Waals surface area contributed by atoms with Crippen molar-refractivity contribution in [1.82, 2.24) is 4.90 Å². The lowest BCUT2D eigenvalue weighted by Gasteiger charge is -2.19. The first-order valence-corrected chi connectivity index (χ1v) is 5.03. The fourth-order valence-corrected chi connectivity index (χ4v) is 1.40. The van der Waals surface area contributed by atoms with Crippen molar-refractivity contribution in [3.63, 3.8) is 0 Å². The van der Waals surface area contributed by atoms with Gasteiger partial charge in [-0.1, -0.05) is 12.1 Å². The van der Waals surface area contributed by atoms with E-state index in [4.69, 9.17) is 5.11 Å². The Hall–Kier alpha value is -2.24. The summed E-state index contributed by atoms with van der Waals surface area (Å²) in [4.78, 5) is 23.2. The molecule has 0 radical (unpaired) electrons. The van der Waals surface area contributed by atoms with E-state index in [1.165, 1.54) is 6.08 Å². The molecule has 0 saturated carbocycles. The van der Waals surface area contributed by atoms with E-state index in [1.807, 2.05) is 0 Å². The molecule has 0 aliphatic carbocycles. The topological polar surface area (TPSA) is 57.6 Å². The van der Waals surface area contributed by atoms with Gasteiger partial charge in [0.1, 0.15) is 23.7 Å². The Kier molecular flexibility index (Phi) is 4.53. The van der Waals surface area contributed by atoms with E-state index >= 15 is 0 Å². The number of nitrogens with zero attached hydrogens (tertiary/aromatic N) is 1. The number of aliphatic carboxylic acids is 1. The molecule has 4 nitrogen and oxygen atoms in total. The van der Waals surface area contributed by atoms with Crippen LogP contribution >= 0.6 is 0 Å². The Morgan fingerprint density at radius 3 is 2.33 bits per heavy atom. The van der Waals surface area contributed by atoms with Gasteiger partial charge >= 0.3 is 5.97 Å². The summed E-state index contributed by atoms with van der Waals surface area (Å²) in [6, 6.07) is 2.99. The molecule has 0 atom stereocenters. The summed E-state index contributed by atoms with van der Waals surface area (Å²) in [5, 5.41) is 8.63. The molecule has 0 aromatic heterocycles. The van der Waals surface area contributed by atoms with Crippen LogP contribution in [0.5, 0.6) is 0 Å². The summed E-state index contributed by atoms with van der Waals surface area (Å²) in [6.07, 6.45) is 1.28. The predicted octanol–water partition coefficient (Wildman–Crippen LogP) is 1.68. The number of carboxylic acids is 1. The molecular formula is C12H11F2NO3. The van der Waals surface area contributed by atoms with Gasteiger partial charge < -0.3 is 10.0 Å². The summed E-state index contributed by atoms with van der Waals surface area (Å²) in [6.45, 7) is 2.59. The van der Waals surface area contributed by atoms with Gasteiger partial charge in [0, 0.05) is 6.54 Å². The number of amides is 1. The lowest BCUT2D eigenvalue weighted by Crippen LogP contribution is -2.36. The highest BCUT2D eigenvalue weighted by atomic mass is 19.1. The molecule has 0 fully saturated rings. The highest BCUT2D eigenvalue weighted by Gasteiger charge is 2.23. The summed E-state index contributed by atoms with van der Waals surface area (Å²) in [5.41, 5.74) is -0.763. The Morgan fingerprint density at radius 1 is 1.33 bits per heavy atom. The standard InChI is InChI=1S/C12H11F2NO3/c1-2-6-15(7-10(16)17)12(18)11-8(13)4-3-5-9(11)14/h2-5H,1,6-7H2,(H,16,17). The fraction of sp³-hybridized carbons (Fsp3) is 0.167. The molecule has 1 N–H and O–H groups in total. The zero-order chi connectivity index (χ0) is 13.7. The number of carbonyl (C=O) groups is 2. The number of benzene rings is 1. The molecule has 0 aliphatic heterocycles. The van der Waals surface area contributed by atoms with Crippen LogP contribution in [0, 0.1) is 11.6 Å². The average Bonchev–Trinajstić information content (AvgIpc) is 2.27. The molecule has 18 heavy (non-hydrogen) atoms. The fourth-order valence-electron chi connectivity index (χ4n) is 1.40. The van der Waals surface area contributed by atoms with Crippen molar-refractivity contribution in [1.29, 1.82) is 0 Å². The van der Waals surface area contributed by atoms with E-state index in [1.54, 1.807) is 0 Å². The second-order valence-electron chi connectivity index (χ2n) is 3.46. The maximum atomic E-state index is 13.4. The minimum Gasteiger partial charge on any atom is -0.480 e. The van der Waals surface area contributed by atoms with Crippen LogP contribution in [-0.4, -0.2) is 35.0 Å². The summed E-state index contributed by atoms with van der Waals surface area (Å²) < 4.78 is 26.8. The number of carboxylic acid groups (broad SMARTS) is 1. The third-order valence-corrected chi connectivity index (χ3v) is 2.14. The maximum Gasteiger partial charge on any atom is 0.323 e. The Labute approximate surface area is 102 Å². The van der Waals surface area contributed by atoms with E-state index in [-0.39, 0.29) is 6.54 Å². The molecule has 96 valence electrons. The van der Waals surface area contributed by atoms with Gasteiger partial charge in [-0.25, -0.2) is 8.78 Å². The molecule has 6 heteroatoms. The van der Waals surface area contributed by atoms with Gasteiger partial charge in [0.05, 0.1) is 0 Å². The predicted molar refractivity (Wildman–Crippen MR) is 60.1 cm³/mol. The second kappa shape index (κ2) is 5.90. The zero-order valence-electron chi connectivity index (χ0n) is 9.40. The minimum absolute atomic E-state index is 0.112. The van der Waals surface area contributed by atoms with E-state index < -0.39 is 35.6 Å². The zero-order valence-corrected chi connectivity index (χ0v) is 9.40. The van der Waals surface area contributed by atoms with Crippen molar-refractivity contribution in [2.45, 2.75) is 0 Å². The first-order chi connectivity index (χ1) is 8.47. The minimum atomic E-state index is -1.28. The monoisotopic (exact) mass is 255 g/mol. The van der Waals surface area contributed by atoms with Gasteiger partial charge in [0.25, 0.3) is 5.91 Å². The van der Waals surface area contributed by atoms with Crippen molar-refractivity contribution in [2.24, 2.45) is 0 Å². The summed E-state index contributed by atoms with van der Waals surface area (Å²) in [5.74, 6) is -4.35. The molecule has 0 aliphatic rings. The number of hydrogen-bond donors (Lipinski definition) is 1. The molecule has 0 bridgehead atoms. The Bertz CT molecular complexity index is 468. The van der Waals surface area contributed by atoms with Crippen molar-refractivity contribution in [3.8, 4) is 0 Å². The normalized spacial score (nSPS) is 9.89. The van der Waals surface area contributed by atoms with Crippen LogP contribution in [0.15, 0.2) is 30.9 Å². The summed E-state index contributed by atoms with van der Waals surface area (Å²) in [7, 11) is 0. The van der Waals surface area contributed by atoms with Gasteiger partial charge in [-0.15, -0.1) is 6.58 Å². The van der Waals surface area contributed by atoms with Gasteiger partial charge in [-0.3, -0.25) is 9.59 Å². The summed E-state index contributed by atoms with van der Waals surface area (Å²) >= 11 is 0. The number of carbonyl (C=O) groups excluding carboxylic acids is 1. The van der Waals surface area contributed by atoms with Gasteiger partial charge in [0.15, 0.2) is 0 Å². The molecule has 1 rings (SSSR count). The molecule has 0 spiro atoms. The van der Waals surface area contributed by atoms with Crippen LogP contribution in [0.2, 0.25) is 0 Å². The van der Waals surface area contributed by atoms with Crippen molar-refractivity contribution < 1.29 is 23.5 Å². The molecule has 0 heterocycles. The number of rotatable bonds is 5. The van der Waals surface area contributed by atoms with Crippen LogP contribution in [0.25, 0.3) is 0 Å². The molecular weight excluding hydrogens is 244 g/mol. The highest BCUT2D eigenvalue weighted by Crippen LogP contribution is 2.14. The Morgan fingerprint density at radius 2 is 1.89 bits per heavy atom. The van der Waals surface area contributed by atoms with Gasteiger partial charge in [-0.05, 0) is 12.1 Å². The third kappa shape index (κ3) is 3.13. The quantitative estimate of drug-likeness (QED) is 0.814. The maximum absolute atomic E-state index is 13.4. The average molecular weight is 255 g/mol. The van der Waals surface area contributed by atoms with E-state index in [2.05, 4.69) is 6.58 Å². The van der Waals surface area contributed by atoms with Crippen molar-refractivity contribution in [2.75, 3.05) is 13.1 Å². The van der Waals surface area contributed by atoms with Crippen LogP contribution in [-0.2, 0) is 4.79 Å². The van der Waals surface area contributed by atoms with Crippen LogP contribution < -0.4 is 0 Å². The van der Waals surface area contributed by atoms with E-state index in [9.17, 15) is 18.4 Å². The SMILES string of the molecule is C=CCN(CC(=O)O)C(=O)c1c(F)cccc1F. The van der Waals surface area contributed by atoms with Crippen molar-refractivity contribution >= 4 is 11.9 Å². The first kappa shape index (κ1) is 13.8. The molecule has 1 aromatic rings. The smallest absolute Gasteiger partial charge is 0.323 e. The first-order valence-electron chi connectivity index (χ1n) is 5.03. The molecule has 1 amide bonds. The van der Waals surface area contributed by atoms with Gasteiger partial charge in [-0.2, -0.15) is 0 Å². The molecule has 0 saturated heterocycles. The lowest BCUT2D eigenvalue weighted by atomic mass is 10.1. The highest BCUT2D eigenvalue weighted by molar-refractivity contribution is 5.96. The molecule has 0 unspecified atom stereocenters. The van der Waals surface area contributed by atoms with Gasteiger partial charge in [0.2, 0.25) is 0 Å². The largest absolute Gasteiger partial charge is 0.480 e. The van der Waals surface area contributed by atoms with Crippen LogP contribution in [0.3, 0.4) is 0 Å². The van der Waals surface area contributed by atoms with E-state index in [0.717, 1.165) is 23.1 Å². The lowest BCUT2D eigenvalue weighted by molar-refractivity contribution is -0.137. The van der Waals surface area contributed by atoms with Crippen LogP contribution in [0.4, 0.5) is 8.78 Å². The second-order valence-corrected chi connectivity index (χ2v) is 3.46. The third-order valence-electron chi connectivity index (χ3n) is 2.14. The molecule has 1 aromatic carbocycles. The number of hydrogen-bond acceptors (Lipinski definition) is 2. The Balaban J connectivity index is 3.09.